The quantitative estimate of drug-likeness (QED) is 0.665. The molecular formula is C16H17N3O2. The highest BCUT2D eigenvalue weighted by Crippen LogP contribution is 2.32. The predicted molar refractivity (Wildman–Crippen MR) is 76.3 cm³/mol. The molecule has 1 atom stereocenters. The van der Waals surface area contributed by atoms with Crippen LogP contribution in [0.5, 0.6) is 0 Å². The minimum absolute atomic E-state index is 0.217. The van der Waals surface area contributed by atoms with Gasteiger partial charge in [0.25, 0.3) is 5.91 Å². The third kappa shape index (κ3) is 2.07. The molecule has 1 aromatic carbocycles. The predicted octanol–water partition coefficient (Wildman–Crippen LogP) is 1.86. The van der Waals surface area contributed by atoms with Crippen LogP contribution in [0.25, 0.3) is 0 Å². The van der Waals surface area contributed by atoms with Gasteiger partial charge in [-0.3, -0.25) is 4.79 Å². The highest BCUT2D eigenvalue weighted by atomic mass is 16.2. The highest BCUT2D eigenvalue weighted by molar-refractivity contribution is 6.07. The van der Waals surface area contributed by atoms with E-state index in [4.69, 9.17) is 5.26 Å². The summed E-state index contributed by atoms with van der Waals surface area (Å²) in [7, 11) is 0. The van der Waals surface area contributed by atoms with E-state index in [2.05, 4.69) is 11.4 Å². The Morgan fingerprint density at radius 2 is 2.00 bits per heavy atom. The number of nitrogens with one attached hydrogen (secondary N) is 1. The van der Waals surface area contributed by atoms with Gasteiger partial charge in [-0.05, 0) is 49.3 Å². The molecule has 1 aliphatic heterocycles. The maximum atomic E-state index is 12.5. The average molecular weight is 283 g/mol. The third-order valence-corrected chi connectivity index (χ3v) is 4.43. The van der Waals surface area contributed by atoms with E-state index in [0.717, 1.165) is 29.7 Å². The number of rotatable bonds is 2. The summed E-state index contributed by atoms with van der Waals surface area (Å²) in [6, 6.07) is 7.36. The van der Waals surface area contributed by atoms with Crippen molar-refractivity contribution in [1.82, 2.24) is 10.2 Å². The molecule has 1 fully saturated rings. The summed E-state index contributed by atoms with van der Waals surface area (Å²) in [6.45, 7) is 1.49. The minimum Gasteiger partial charge on any atom is -0.319 e. The molecule has 5 nitrogen and oxygen atoms in total. The van der Waals surface area contributed by atoms with Crippen molar-refractivity contribution in [3.05, 3.63) is 34.9 Å². The van der Waals surface area contributed by atoms with Crippen molar-refractivity contribution in [3.8, 4) is 6.07 Å². The fourth-order valence-electron chi connectivity index (χ4n) is 3.15. The van der Waals surface area contributed by atoms with Gasteiger partial charge >= 0.3 is 6.03 Å². The maximum Gasteiger partial charge on any atom is 0.326 e. The van der Waals surface area contributed by atoms with Gasteiger partial charge in [-0.1, -0.05) is 18.2 Å². The molecule has 5 heteroatoms. The summed E-state index contributed by atoms with van der Waals surface area (Å²) in [5.74, 6) is -0.357. The van der Waals surface area contributed by atoms with Gasteiger partial charge in [0.05, 0.1) is 6.07 Å². The van der Waals surface area contributed by atoms with Crippen LogP contribution in [0.15, 0.2) is 18.2 Å². The van der Waals surface area contributed by atoms with Gasteiger partial charge in [0.15, 0.2) is 0 Å². The first-order valence-electron chi connectivity index (χ1n) is 7.19. The number of hydrogen-bond acceptors (Lipinski definition) is 3. The van der Waals surface area contributed by atoms with Crippen molar-refractivity contribution < 1.29 is 9.59 Å². The van der Waals surface area contributed by atoms with Gasteiger partial charge in [-0.25, -0.2) is 9.69 Å². The molecule has 0 aromatic heterocycles. The van der Waals surface area contributed by atoms with E-state index in [1.807, 2.05) is 18.2 Å². The molecule has 0 spiro atoms. The van der Waals surface area contributed by atoms with Crippen molar-refractivity contribution in [2.45, 2.75) is 38.1 Å². The first-order chi connectivity index (χ1) is 10.1. The van der Waals surface area contributed by atoms with Crippen LogP contribution in [0.3, 0.4) is 0 Å². The smallest absolute Gasteiger partial charge is 0.319 e. The topological polar surface area (TPSA) is 73.2 Å². The molecular weight excluding hydrogens is 266 g/mol. The monoisotopic (exact) mass is 283 g/mol. The summed E-state index contributed by atoms with van der Waals surface area (Å²) < 4.78 is 0. The Morgan fingerprint density at radius 3 is 2.71 bits per heavy atom. The number of urea groups is 1. The Morgan fingerprint density at radius 1 is 1.29 bits per heavy atom. The summed E-state index contributed by atoms with van der Waals surface area (Å²) in [6.07, 6.45) is 4.46. The van der Waals surface area contributed by atoms with Gasteiger partial charge in [-0.15, -0.1) is 0 Å². The number of nitriles is 1. The molecule has 0 saturated carbocycles. The number of fused-ring (bicyclic) bond motifs is 1. The molecule has 108 valence electrons. The zero-order valence-electron chi connectivity index (χ0n) is 12.0. The van der Waals surface area contributed by atoms with E-state index in [1.54, 1.807) is 6.92 Å². The second kappa shape index (κ2) is 4.88. The lowest BCUT2D eigenvalue weighted by Crippen LogP contribution is -2.41. The van der Waals surface area contributed by atoms with Gasteiger partial charge in [0.1, 0.15) is 12.1 Å². The molecule has 1 heterocycles. The largest absolute Gasteiger partial charge is 0.326 e. The number of imide groups is 1. The van der Waals surface area contributed by atoms with Crippen LogP contribution in [0.1, 0.15) is 36.5 Å². The lowest BCUT2D eigenvalue weighted by molar-refractivity contribution is -0.130. The zero-order valence-corrected chi connectivity index (χ0v) is 12.0. The van der Waals surface area contributed by atoms with Crippen LogP contribution in [0.2, 0.25) is 0 Å². The molecule has 1 N–H and O–H groups in total. The Bertz CT molecular complexity index is 662. The Kier molecular flexibility index (Phi) is 3.17. The van der Waals surface area contributed by atoms with Gasteiger partial charge in [0.2, 0.25) is 0 Å². The minimum atomic E-state index is -1.07. The third-order valence-electron chi connectivity index (χ3n) is 4.43. The molecule has 1 aliphatic carbocycles. The summed E-state index contributed by atoms with van der Waals surface area (Å²) in [4.78, 5) is 25.4. The number of benzene rings is 1. The molecule has 0 bridgehead atoms. The van der Waals surface area contributed by atoms with Crippen LogP contribution in [0.4, 0.5) is 4.79 Å². The molecule has 1 saturated heterocycles. The van der Waals surface area contributed by atoms with Crippen LogP contribution in [-0.2, 0) is 23.2 Å². The highest BCUT2D eigenvalue weighted by Gasteiger charge is 2.49. The second-order valence-corrected chi connectivity index (χ2v) is 5.80. The van der Waals surface area contributed by atoms with Crippen molar-refractivity contribution in [2.75, 3.05) is 6.54 Å². The molecule has 1 unspecified atom stereocenters. The molecule has 3 rings (SSSR count). The Hall–Kier alpha value is -2.35. The maximum absolute atomic E-state index is 12.5. The standard InChI is InChI=1S/C16H17N3O2/c1-16(14(20)19(9-8-17)15(21)18-16)13-7-6-11-4-2-3-5-12(11)10-13/h6-7,10H,2-5,9H2,1H3,(H,18,21). The molecule has 0 radical (unpaired) electrons. The molecule has 21 heavy (non-hydrogen) atoms. The van der Waals surface area contributed by atoms with Crippen LogP contribution in [-0.4, -0.2) is 23.4 Å². The lowest BCUT2D eigenvalue weighted by Gasteiger charge is -2.25. The van der Waals surface area contributed by atoms with E-state index in [9.17, 15) is 9.59 Å². The van der Waals surface area contributed by atoms with Crippen LogP contribution in [0, 0.1) is 11.3 Å². The summed E-state index contributed by atoms with van der Waals surface area (Å²) in [5.41, 5.74) is 2.32. The van der Waals surface area contributed by atoms with E-state index >= 15 is 0 Å². The Labute approximate surface area is 123 Å². The van der Waals surface area contributed by atoms with E-state index < -0.39 is 11.6 Å². The number of amides is 3. The lowest BCUT2D eigenvalue weighted by atomic mass is 9.85. The number of aryl methyl sites for hydroxylation is 2. The SMILES string of the molecule is CC1(c2ccc3c(c2)CCCC3)NC(=O)N(CC#N)C1=O. The van der Waals surface area contributed by atoms with Gasteiger partial charge < -0.3 is 5.32 Å². The van der Waals surface area contributed by atoms with Gasteiger partial charge in [0, 0.05) is 0 Å². The van der Waals surface area contributed by atoms with E-state index in [0.29, 0.717) is 0 Å². The number of nitrogens with zero attached hydrogens (tertiary/aromatic N) is 2. The first kappa shape index (κ1) is 13.6. The first-order valence-corrected chi connectivity index (χ1v) is 7.19. The number of hydrogen-bond donors (Lipinski definition) is 1. The Balaban J connectivity index is 1.98. The molecule has 3 amide bonds. The molecule has 2 aliphatic rings. The second-order valence-electron chi connectivity index (χ2n) is 5.80. The number of carbonyl (C=O) groups is 2. The normalized spacial score (nSPS) is 24.5. The fraction of sp³-hybridized carbons (Fsp3) is 0.438. The van der Waals surface area contributed by atoms with E-state index in [1.165, 1.54) is 17.5 Å². The van der Waals surface area contributed by atoms with Crippen molar-refractivity contribution in [2.24, 2.45) is 0 Å². The van der Waals surface area contributed by atoms with Crippen LogP contribution < -0.4 is 5.32 Å². The summed E-state index contributed by atoms with van der Waals surface area (Å²) in [5, 5.41) is 11.5. The molecule has 1 aromatic rings. The van der Waals surface area contributed by atoms with Gasteiger partial charge in [-0.2, -0.15) is 5.26 Å². The average Bonchev–Trinajstić information content (AvgIpc) is 2.71. The van der Waals surface area contributed by atoms with Crippen molar-refractivity contribution in [3.63, 3.8) is 0 Å². The summed E-state index contributed by atoms with van der Waals surface area (Å²) >= 11 is 0. The number of carbonyl (C=O) groups excluding carboxylic acids is 2. The van der Waals surface area contributed by atoms with Crippen LogP contribution >= 0.6 is 0 Å². The van der Waals surface area contributed by atoms with Crippen molar-refractivity contribution in [1.29, 1.82) is 5.26 Å². The zero-order chi connectivity index (χ0) is 15.0. The van der Waals surface area contributed by atoms with Crippen molar-refractivity contribution >= 4 is 11.9 Å². The van der Waals surface area contributed by atoms with E-state index in [-0.39, 0.29) is 12.5 Å². The fourth-order valence-corrected chi connectivity index (χ4v) is 3.15.